The first kappa shape index (κ1) is 27.4. The maximum absolute atomic E-state index is 12.0. The van der Waals surface area contributed by atoms with E-state index in [0.717, 1.165) is 5.69 Å². The van der Waals surface area contributed by atoms with Crippen LogP contribution in [0.3, 0.4) is 0 Å². The molecule has 1 aromatic carbocycles. The number of phosphoric acid groups is 1. The molecule has 0 saturated carbocycles. The number of carbonyl (C=O) groups excluding carboxylic acids is 1. The number of anilines is 1. The molecule has 0 amide bonds. The Morgan fingerprint density at radius 1 is 1.16 bits per heavy atom. The summed E-state index contributed by atoms with van der Waals surface area (Å²) in [4.78, 5) is 21.7. The largest absolute Gasteiger partial charge is 0.472 e. The van der Waals surface area contributed by atoms with Crippen LogP contribution in [0.2, 0.25) is 0 Å². The number of quaternary nitrogens is 1. The topological polar surface area (TPSA) is 113 Å². The first-order chi connectivity index (χ1) is 14.4. The molecule has 0 aromatic heterocycles. The minimum atomic E-state index is -4.28. The van der Waals surface area contributed by atoms with Crippen molar-refractivity contribution < 1.29 is 42.0 Å². The van der Waals surface area contributed by atoms with Crippen molar-refractivity contribution in [3.63, 3.8) is 0 Å². The standard InChI is InChI=1S/C19H31N2O8PS/c1-15(31)20-17-6-8-18(9-7-17)26-14-25-12-19(29-16(2)22)13-28-30(23,24)27-11-10-21(3,4)5/h6-9,19H,10-14H2,1-5H3,(H-,20,23,24,31)/p+1. The average Bonchev–Trinajstić information content (AvgIpc) is 2.62. The number of thiocarbonyl (C=S) groups is 1. The summed E-state index contributed by atoms with van der Waals surface area (Å²) < 4.78 is 38.3. The number of hydrogen-bond donors (Lipinski definition) is 2. The average molecular weight is 480 g/mol. The summed E-state index contributed by atoms with van der Waals surface area (Å²) in [5.41, 5.74) is 0.838. The summed E-state index contributed by atoms with van der Waals surface area (Å²) in [6, 6.07) is 7.09. The van der Waals surface area contributed by atoms with E-state index in [1.54, 1.807) is 31.2 Å². The fourth-order valence-electron chi connectivity index (χ4n) is 2.12. The van der Waals surface area contributed by atoms with Gasteiger partial charge in [0.05, 0.1) is 39.3 Å². The molecular formula is C19H32N2O8PS+. The molecule has 0 radical (unpaired) electrons. The molecule has 176 valence electrons. The van der Waals surface area contributed by atoms with Crippen LogP contribution in [0.1, 0.15) is 13.8 Å². The normalized spacial score (nSPS) is 14.4. The number of nitrogens with one attached hydrogen (secondary N) is 1. The summed E-state index contributed by atoms with van der Waals surface area (Å²) in [5.74, 6) is -0.00728. The SMILES string of the molecule is CC(=O)OC(COCOc1ccc(NC(C)=S)cc1)COP(=O)(O)OCC[N+](C)(C)C. The lowest BCUT2D eigenvalue weighted by molar-refractivity contribution is -0.870. The number of nitrogens with zero attached hydrogens (tertiary/aromatic N) is 1. The molecule has 10 nitrogen and oxygen atoms in total. The third kappa shape index (κ3) is 14.2. The molecule has 2 atom stereocenters. The van der Waals surface area contributed by atoms with Crippen LogP contribution in [-0.4, -0.2) is 80.7 Å². The Hall–Kier alpha value is -1.59. The number of likely N-dealkylation sites (N-methyl/N-ethyl adjacent to an activating group) is 1. The lowest BCUT2D eigenvalue weighted by Crippen LogP contribution is -2.37. The Morgan fingerprint density at radius 2 is 1.81 bits per heavy atom. The van der Waals surface area contributed by atoms with E-state index in [9.17, 15) is 14.3 Å². The van der Waals surface area contributed by atoms with Crippen LogP contribution in [0, 0.1) is 0 Å². The lowest BCUT2D eigenvalue weighted by Gasteiger charge is -2.24. The number of phosphoric ester groups is 1. The molecule has 31 heavy (non-hydrogen) atoms. The van der Waals surface area contributed by atoms with Crippen molar-refractivity contribution in [2.45, 2.75) is 20.0 Å². The number of esters is 1. The van der Waals surface area contributed by atoms with E-state index in [0.29, 0.717) is 21.8 Å². The van der Waals surface area contributed by atoms with Gasteiger partial charge in [-0.3, -0.25) is 13.8 Å². The monoisotopic (exact) mass is 479 g/mol. The van der Waals surface area contributed by atoms with Crippen molar-refractivity contribution >= 4 is 36.7 Å². The number of hydrogen-bond acceptors (Lipinski definition) is 8. The second-order valence-electron chi connectivity index (χ2n) is 7.68. The maximum atomic E-state index is 12.0. The number of rotatable bonds is 14. The van der Waals surface area contributed by atoms with Gasteiger partial charge in [-0.15, -0.1) is 0 Å². The molecule has 0 aliphatic rings. The molecule has 0 spiro atoms. The predicted octanol–water partition coefficient (Wildman–Crippen LogP) is 2.57. The van der Waals surface area contributed by atoms with Crippen molar-refractivity contribution in [1.82, 2.24) is 0 Å². The van der Waals surface area contributed by atoms with Crippen LogP contribution < -0.4 is 10.1 Å². The van der Waals surface area contributed by atoms with Crippen LogP contribution in [0.15, 0.2) is 24.3 Å². The van der Waals surface area contributed by atoms with E-state index in [1.165, 1.54) is 6.92 Å². The highest BCUT2D eigenvalue weighted by Crippen LogP contribution is 2.43. The Kier molecular flexibility index (Phi) is 11.6. The highest BCUT2D eigenvalue weighted by Gasteiger charge is 2.25. The van der Waals surface area contributed by atoms with Gasteiger partial charge in [-0.2, -0.15) is 0 Å². The van der Waals surface area contributed by atoms with Crippen molar-refractivity contribution in [3.05, 3.63) is 24.3 Å². The van der Waals surface area contributed by atoms with Crippen molar-refractivity contribution in [3.8, 4) is 5.75 Å². The minimum absolute atomic E-state index is 0.0399. The number of ether oxygens (including phenoxy) is 3. The van der Waals surface area contributed by atoms with E-state index in [4.69, 9.17) is 35.5 Å². The highest BCUT2D eigenvalue weighted by molar-refractivity contribution is 7.80. The Bertz CT molecular complexity index is 754. The van der Waals surface area contributed by atoms with E-state index >= 15 is 0 Å². The molecule has 0 saturated heterocycles. The van der Waals surface area contributed by atoms with E-state index in [2.05, 4.69) is 5.32 Å². The first-order valence-corrected chi connectivity index (χ1v) is 11.4. The van der Waals surface area contributed by atoms with Gasteiger partial charge < -0.3 is 28.9 Å². The van der Waals surface area contributed by atoms with Gasteiger partial charge in [0.2, 0.25) is 0 Å². The van der Waals surface area contributed by atoms with E-state index < -0.39 is 19.9 Å². The van der Waals surface area contributed by atoms with Gasteiger partial charge >= 0.3 is 13.8 Å². The third-order valence-corrected chi connectivity index (χ3v) is 4.65. The molecule has 1 aromatic rings. The van der Waals surface area contributed by atoms with Crippen LogP contribution in [0.5, 0.6) is 5.75 Å². The summed E-state index contributed by atoms with van der Waals surface area (Å²) in [5, 5.41) is 3.01. The highest BCUT2D eigenvalue weighted by atomic mass is 32.1. The molecule has 0 heterocycles. The molecule has 0 aliphatic carbocycles. The van der Waals surface area contributed by atoms with Gasteiger partial charge in [0.15, 0.2) is 6.79 Å². The quantitative estimate of drug-likeness (QED) is 0.103. The Labute approximate surface area is 188 Å². The Balaban J connectivity index is 2.42. The van der Waals surface area contributed by atoms with Crippen molar-refractivity contribution in [2.75, 3.05) is 59.6 Å². The minimum Gasteiger partial charge on any atom is -0.468 e. The number of benzene rings is 1. The summed E-state index contributed by atoms with van der Waals surface area (Å²) in [7, 11) is 1.49. The van der Waals surface area contributed by atoms with Gasteiger partial charge in [0.1, 0.15) is 25.0 Å². The summed E-state index contributed by atoms with van der Waals surface area (Å²) in [6.07, 6.45) is -0.902. The van der Waals surface area contributed by atoms with Gasteiger partial charge in [-0.05, 0) is 31.2 Å². The van der Waals surface area contributed by atoms with Gasteiger partial charge in [0, 0.05) is 12.6 Å². The van der Waals surface area contributed by atoms with Crippen LogP contribution in [0.25, 0.3) is 0 Å². The third-order valence-electron chi connectivity index (χ3n) is 3.56. The smallest absolute Gasteiger partial charge is 0.468 e. The van der Waals surface area contributed by atoms with Gasteiger partial charge in [-0.1, -0.05) is 12.2 Å². The maximum Gasteiger partial charge on any atom is 0.472 e. The summed E-state index contributed by atoms with van der Waals surface area (Å²) >= 11 is 4.98. The predicted molar refractivity (Wildman–Crippen MR) is 120 cm³/mol. The van der Waals surface area contributed by atoms with Gasteiger partial charge in [-0.25, -0.2) is 4.57 Å². The second-order valence-corrected chi connectivity index (χ2v) is 9.75. The molecule has 12 heteroatoms. The van der Waals surface area contributed by atoms with E-state index in [-0.39, 0.29) is 26.6 Å². The Morgan fingerprint density at radius 3 is 2.35 bits per heavy atom. The molecule has 0 fully saturated rings. The second kappa shape index (κ2) is 13.1. The van der Waals surface area contributed by atoms with Gasteiger partial charge in [0.25, 0.3) is 0 Å². The lowest BCUT2D eigenvalue weighted by atomic mass is 10.3. The van der Waals surface area contributed by atoms with Crippen molar-refractivity contribution in [2.24, 2.45) is 0 Å². The molecule has 0 bridgehead atoms. The van der Waals surface area contributed by atoms with Crippen LogP contribution in [-0.2, 0) is 27.9 Å². The molecule has 1 rings (SSSR count). The fourth-order valence-corrected chi connectivity index (χ4v) is 2.98. The number of carbonyl (C=O) groups is 1. The first-order valence-electron chi connectivity index (χ1n) is 9.54. The van der Waals surface area contributed by atoms with Crippen LogP contribution >= 0.6 is 20.0 Å². The summed E-state index contributed by atoms with van der Waals surface area (Å²) in [6.45, 7) is 2.98. The molecule has 2 N–H and O–H groups in total. The zero-order valence-corrected chi connectivity index (χ0v) is 20.2. The van der Waals surface area contributed by atoms with Crippen molar-refractivity contribution in [1.29, 1.82) is 0 Å². The fraction of sp³-hybridized carbons (Fsp3) is 0.579. The van der Waals surface area contributed by atoms with E-state index in [1.807, 2.05) is 21.1 Å². The van der Waals surface area contributed by atoms with Crippen LogP contribution in [0.4, 0.5) is 5.69 Å². The molecule has 2 unspecified atom stereocenters. The molecular weight excluding hydrogens is 447 g/mol. The zero-order valence-electron chi connectivity index (χ0n) is 18.5. The zero-order chi connectivity index (χ0) is 23.5. The molecule has 0 aliphatic heterocycles.